The first-order valence-electron chi connectivity index (χ1n) is 9.39. The van der Waals surface area contributed by atoms with E-state index in [0.717, 1.165) is 12.1 Å². The van der Waals surface area contributed by atoms with Gasteiger partial charge >= 0.3 is 0 Å². The molecule has 0 aliphatic carbocycles. The lowest BCUT2D eigenvalue weighted by Gasteiger charge is -2.20. The van der Waals surface area contributed by atoms with Gasteiger partial charge in [-0.05, 0) is 36.1 Å². The Morgan fingerprint density at radius 3 is 2.41 bits per heavy atom. The first-order valence-corrected chi connectivity index (χ1v) is 9.39. The van der Waals surface area contributed by atoms with Gasteiger partial charge in [-0.2, -0.15) is 0 Å². The minimum Gasteiger partial charge on any atom is -0.488 e. The summed E-state index contributed by atoms with van der Waals surface area (Å²) in [5, 5.41) is 0. The highest BCUT2D eigenvalue weighted by Gasteiger charge is 2.28. The molecule has 1 saturated heterocycles. The van der Waals surface area contributed by atoms with E-state index in [-0.39, 0.29) is 23.0 Å². The fourth-order valence-electron chi connectivity index (χ4n) is 3.30. The smallest absolute Gasteiger partial charge is 0.254 e. The van der Waals surface area contributed by atoms with Gasteiger partial charge in [-0.1, -0.05) is 32.9 Å². The average molecular weight is 368 g/mol. The fourth-order valence-corrected chi connectivity index (χ4v) is 3.30. The van der Waals surface area contributed by atoms with Crippen molar-refractivity contribution in [3.05, 3.63) is 63.6 Å². The molecule has 3 rings (SSSR count). The van der Waals surface area contributed by atoms with Crippen LogP contribution in [0.1, 0.15) is 48.8 Å². The minimum absolute atomic E-state index is 0.0294. The molecule has 1 amide bonds. The number of ether oxygens (including phenoxy) is 1. The molecule has 1 aliphatic rings. The number of hydrogen-bond acceptors (Lipinski definition) is 3. The second-order valence-electron chi connectivity index (χ2n) is 8.34. The Kier molecular flexibility index (Phi) is 5.13. The summed E-state index contributed by atoms with van der Waals surface area (Å²) in [4.78, 5) is 26.5. The third-order valence-electron chi connectivity index (χ3n) is 5.21. The zero-order valence-corrected chi connectivity index (χ0v) is 16.8. The molecular weight excluding hydrogens is 340 g/mol. The Morgan fingerprint density at radius 2 is 1.81 bits per heavy atom. The van der Waals surface area contributed by atoms with Crippen molar-refractivity contribution in [2.24, 2.45) is 7.05 Å². The van der Waals surface area contributed by atoms with Crippen LogP contribution in [0.25, 0.3) is 0 Å². The maximum absolute atomic E-state index is 12.8. The van der Waals surface area contributed by atoms with Crippen LogP contribution in [-0.4, -0.2) is 34.6 Å². The topological polar surface area (TPSA) is 51.5 Å². The third kappa shape index (κ3) is 4.24. The quantitative estimate of drug-likeness (QED) is 0.835. The second kappa shape index (κ2) is 7.22. The molecule has 2 heterocycles. The zero-order chi connectivity index (χ0) is 19.8. The van der Waals surface area contributed by atoms with Crippen LogP contribution in [0.15, 0.2) is 41.2 Å². The number of carbonyl (C=O) groups is 1. The number of carbonyl (C=O) groups excluding carboxylic acids is 1. The van der Waals surface area contributed by atoms with Gasteiger partial charge in [0, 0.05) is 37.3 Å². The van der Waals surface area contributed by atoms with Crippen molar-refractivity contribution >= 4 is 5.91 Å². The number of aromatic nitrogens is 1. The molecule has 1 unspecified atom stereocenters. The molecule has 2 aromatic rings. The third-order valence-corrected chi connectivity index (χ3v) is 5.21. The van der Waals surface area contributed by atoms with Crippen molar-refractivity contribution < 1.29 is 9.53 Å². The molecule has 144 valence electrons. The average Bonchev–Trinajstić information content (AvgIpc) is 3.06. The summed E-state index contributed by atoms with van der Waals surface area (Å²) in [6.45, 7) is 9.54. The molecule has 1 fully saturated rings. The first kappa shape index (κ1) is 19.2. The van der Waals surface area contributed by atoms with E-state index < -0.39 is 0 Å². The van der Waals surface area contributed by atoms with Crippen LogP contribution in [0.3, 0.4) is 0 Å². The highest BCUT2D eigenvalue weighted by Crippen LogP contribution is 2.24. The van der Waals surface area contributed by atoms with Crippen molar-refractivity contribution in [1.82, 2.24) is 9.47 Å². The van der Waals surface area contributed by atoms with Crippen LogP contribution < -0.4 is 10.3 Å². The van der Waals surface area contributed by atoms with Crippen LogP contribution in [0.5, 0.6) is 5.75 Å². The summed E-state index contributed by atoms with van der Waals surface area (Å²) < 4.78 is 7.55. The van der Waals surface area contributed by atoms with E-state index in [9.17, 15) is 9.59 Å². The minimum atomic E-state index is -0.0886. The normalized spacial score (nSPS) is 17.2. The van der Waals surface area contributed by atoms with E-state index in [1.807, 2.05) is 42.2 Å². The molecule has 0 radical (unpaired) electrons. The molecule has 1 atom stereocenters. The van der Waals surface area contributed by atoms with Gasteiger partial charge in [0.1, 0.15) is 11.9 Å². The Morgan fingerprint density at radius 1 is 1.15 bits per heavy atom. The van der Waals surface area contributed by atoms with Crippen LogP contribution in [0.2, 0.25) is 0 Å². The number of amides is 1. The summed E-state index contributed by atoms with van der Waals surface area (Å²) in [5.41, 5.74) is 2.74. The molecule has 1 aromatic heterocycles. The summed E-state index contributed by atoms with van der Waals surface area (Å²) in [5.74, 6) is 0.603. The van der Waals surface area contributed by atoms with Crippen LogP contribution >= 0.6 is 0 Å². The van der Waals surface area contributed by atoms with E-state index in [1.165, 1.54) is 11.6 Å². The van der Waals surface area contributed by atoms with Crippen LogP contribution in [0, 0.1) is 6.92 Å². The Hall–Kier alpha value is -2.56. The van der Waals surface area contributed by atoms with Gasteiger partial charge in [0.05, 0.1) is 6.54 Å². The molecule has 0 N–H and O–H groups in total. The predicted octanol–water partition coefficient (Wildman–Crippen LogP) is 3.28. The number of rotatable bonds is 3. The number of benzene rings is 1. The Balaban J connectivity index is 1.65. The van der Waals surface area contributed by atoms with E-state index in [2.05, 4.69) is 20.8 Å². The van der Waals surface area contributed by atoms with Crippen molar-refractivity contribution in [3.8, 4) is 5.75 Å². The molecule has 0 saturated carbocycles. The molecule has 5 heteroatoms. The summed E-state index contributed by atoms with van der Waals surface area (Å²) >= 11 is 0. The maximum Gasteiger partial charge on any atom is 0.254 e. The Bertz CT molecular complexity index is 891. The van der Waals surface area contributed by atoms with Gasteiger partial charge in [-0.15, -0.1) is 0 Å². The summed E-state index contributed by atoms with van der Waals surface area (Å²) in [7, 11) is 1.74. The van der Waals surface area contributed by atoms with Crippen molar-refractivity contribution in [2.75, 3.05) is 13.1 Å². The molecule has 1 aliphatic heterocycles. The van der Waals surface area contributed by atoms with E-state index in [0.29, 0.717) is 24.4 Å². The van der Waals surface area contributed by atoms with Gasteiger partial charge in [0.2, 0.25) is 0 Å². The molecule has 1 aromatic carbocycles. The number of hydrogen-bond donors (Lipinski definition) is 0. The van der Waals surface area contributed by atoms with E-state index >= 15 is 0 Å². The van der Waals surface area contributed by atoms with Crippen molar-refractivity contribution in [3.63, 3.8) is 0 Å². The van der Waals surface area contributed by atoms with Gasteiger partial charge in [0.15, 0.2) is 0 Å². The predicted molar refractivity (Wildman–Crippen MR) is 106 cm³/mol. The molecule has 0 bridgehead atoms. The largest absolute Gasteiger partial charge is 0.488 e. The highest BCUT2D eigenvalue weighted by molar-refractivity contribution is 5.94. The van der Waals surface area contributed by atoms with Crippen molar-refractivity contribution in [1.29, 1.82) is 0 Å². The number of pyridine rings is 1. The SMILES string of the molecule is Cc1cc(OC2CCN(C(=O)c3ccc(C(C)(C)C)cc3)C2)cc(=O)n1C. The van der Waals surface area contributed by atoms with Gasteiger partial charge < -0.3 is 14.2 Å². The molecule has 0 spiro atoms. The lowest BCUT2D eigenvalue weighted by molar-refractivity contribution is 0.0772. The standard InChI is InChI=1S/C22H28N2O3/c1-15-12-19(13-20(25)23(15)5)27-18-10-11-24(14-18)21(26)16-6-8-17(9-7-16)22(2,3)4/h6-9,12-13,18H,10-11,14H2,1-5H3. The van der Waals surface area contributed by atoms with Crippen LogP contribution in [-0.2, 0) is 12.5 Å². The fraction of sp³-hybridized carbons (Fsp3) is 0.455. The highest BCUT2D eigenvalue weighted by atomic mass is 16.5. The lowest BCUT2D eigenvalue weighted by Crippen LogP contribution is -2.31. The lowest BCUT2D eigenvalue weighted by atomic mass is 9.86. The monoisotopic (exact) mass is 368 g/mol. The second-order valence-corrected chi connectivity index (χ2v) is 8.34. The van der Waals surface area contributed by atoms with Gasteiger partial charge in [-0.3, -0.25) is 9.59 Å². The van der Waals surface area contributed by atoms with Crippen molar-refractivity contribution in [2.45, 2.75) is 45.6 Å². The summed E-state index contributed by atoms with van der Waals surface area (Å²) in [6.07, 6.45) is 0.675. The molecule has 5 nitrogen and oxygen atoms in total. The maximum atomic E-state index is 12.8. The van der Waals surface area contributed by atoms with E-state index in [4.69, 9.17) is 4.74 Å². The first-order chi connectivity index (χ1) is 12.6. The summed E-state index contributed by atoms with van der Waals surface area (Å²) in [6, 6.07) is 11.2. The van der Waals surface area contributed by atoms with E-state index in [1.54, 1.807) is 11.6 Å². The molecule has 27 heavy (non-hydrogen) atoms. The number of aryl methyl sites for hydroxylation is 1. The number of nitrogens with zero attached hydrogens (tertiary/aromatic N) is 2. The number of likely N-dealkylation sites (tertiary alicyclic amines) is 1. The molecular formula is C22H28N2O3. The zero-order valence-electron chi connectivity index (χ0n) is 16.8. The van der Waals surface area contributed by atoms with Gasteiger partial charge in [-0.25, -0.2) is 0 Å². The van der Waals surface area contributed by atoms with Gasteiger partial charge in [0.25, 0.3) is 11.5 Å². The van der Waals surface area contributed by atoms with Crippen LogP contribution in [0.4, 0.5) is 0 Å². The Labute approximate surface area is 160 Å².